The number of furan rings is 1. The Morgan fingerprint density at radius 1 is 0.444 bits per heavy atom. The van der Waals surface area contributed by atoms with E-state index in [9.17, 15) is 1.37 Å². The predicted octanol–water partition coefficient (Wildman–Crippen LogP) is 12.7. The molecule has 0 aliphatic carbocycles. The van der Waals surface area contributed by atoms with Crippen LogP contribution < -0.4 is 0 Å². The van der Waals surface area contributed by atoms with Crippen molar-refractivity contribution >= 4 is 54.5 Å². The van der Waals surface area contributed by atoms with Crippen LogP contribution in [0.5, 0.6) is 0 Å². The summed E-state index contributed by atoms with van der Waals surface area (Å²) in [6.45, 7) is 0. The van der Waals surface area contributed by atoms with E-state index in [-0.39, 0.29) is 63.8 Å². The second-order valence-corrected chi connectivity index (χ2v) is 13.1. The summed E-state index contributed by atoms with van der Waals surface area (Å²) >= 11 is 0. The van der Waals surface area contributed by atoms with Gasteiger partial charge in [0.05, 0.1) is 24.9 Å². The van der Waals surface area contributed by atoms with Gasteiger partial charge in [-0.15, -0.1) is 0 Å². The molecule has 5 heteroatoms. The van der Waals surface area contributed by atoms with Gasteiger partial charge in [0.25, 0.3) is 0 Å². The van der Waals surface area contributed by atoms with Crippen LogP contribution in [0.25, 0.3) is 105 Å². The molecular formula is C49H30N4O. The highest BCUT2D eigenvalue weighted by molar-refractivity contribution is 6.12. The second-order valence-electron chi connectivity index (χ2n) is 13.1. The van der Waals surface area contributed by atoms with Crippen LogP contribution in [-0.4, -0.2) is 19.5 Å². The van der Waals surface area contributed by atoms with E-state index in [1.165, 1.54) is 6.07 Å². The lowest BCUT2D eigenvalue weighted by atomic mass is 9.97. The van der Waals surface area contributed by atoms with Crippen LogP contribution in [0.1, 0.15) is 8.22 Å². The molecule has 0 amide bonds. The maximum Gasteiger partial charge on any atom is 0.164 e. The Balaban J connectivity index is 1.27. The Morgan fingerprint density at radius 2 is 1.11 bits per heavy atom. The number of benzene rings is 8. The summed E-state index contributed by atoms with van der Waals surface area (Å²) in [7, 11) is 0. The Labute approximate surface area is 318 Å². The number of rotatable bonds is 5. The van der Waals surface area contributed by atoms with E-state index in [2.05, 4.69) is 28.8 Å². The highest BCUT2D eigenvalue weighted by atomic mass is 16.3. The van der Waals surface area contributed by atoms with Gasteiger partial charge in [-0.25, -0.2) is 15.0 Å². The van der Waals surface area contributed by atoms with Gasteiger partial charge in [-0.3, -0.25) is 0 Å². The van der Waals surface area contributed by atoms with Crippen LogP contribution in [0.3, 0.4) is 0 Å². The first-order valence-electron chi connectivity index (χ1n) is 20.6. The zero-order chi connectivity index (χ0) is 40.8. The topological polar surface area (TPSA) is 56.7 Å². The maximum absolute atomic E-state index is 9.52. The molecule has 11 aromatic rings. The number of fused-ring (bicyclic) bond motifs is 7. The van der Waals surface area contributed by atoms with Gasteiger partial charge in [0, 0.05) is 49.4 Å². The first-order chi connectivity index (χ1) is 29.3. The van der Waals surface area contributed by atoms with Gasteiger partial charge in [-0.1, -0.05) is 145 Å². The van der Waals surface area contributed by atoms with Crippen molar-refractivity contribution in [1.29, 1.82) is 0 Å². The van der Waals surface area contributed by atoms with Crippen molar-refractivity contribution in [3.8, 4) is 51.0 Å². The molecule has 0 bridgehead atoms. The minimum Gasteiger partial charge on any atom is -0.455 e. The average Bonchev–Trinajstić information content (AvgIpc) is 3.85. The van der Waals surface area contributed by atoms with E-state index in [1.807, 2.05) is 115 Å². The molecule has 11 rings (SSSR count). The molecule has 54 heavy (non-hydrogen) atoms. The second kappa shape index (κ2) is 12.1. The quantitative estimate of drug-likeness (QED) is 0.180. The number of aromatic nitrogens is 4. The minimum absolute atomic E-state index is 0.0185. The van der Waals surface area contributed by atoms with Gasteiger partial charge in [0.1, 0.15) is 11.2 Å². The highest BCUT2D eigenvalue weighted by Crippen LogP contribution is 2.42. The Kier molecular flexibility index (Phi) is 5.55. The monoisotopic (exact) mass is 696 g/mol. The number of nitrogens with zero attached hydrogens (tertiary/aromatic N) is 4. The third-order valence-electron chi connectivity index (χ3n) is 10.0. The standard InChI is InChI=1S/C49H30N4O/c1-2-15-32(16-3-1)47-50-48(52-49(51-47)40-24-12-17-31-14-4-5-18-34(31)40)33-28-29-44(53-42-25-9-6-19-35(42)36-20-7-10-26-43(36)53)41(30-33)39-23-13-22-38-37-21-8-11-27-45(37)54-46(38)39/h1-30H/i8D,13D,21D,22D,23D,27D. The predicted molar refractivity (Wildman–Crippen MR) is 221 cm³/mol. The van der Waals surface area contributed by atoms with Gasteiger partial charge in [0.15, 0.2) is 17.5 Å². The molecule has 0 saturated carbocycles. The lowest BCUT2D eigenvalue weighted by Crippen LogP contribution is -2.02. The average molecular weight is 697 g/mol. The fraction of sp³-hybridized carbons (Fsp3) is 0. The molecule has 0 unspecified atom stereocenters. The fourth-order valence-electron chi connectivity index (χ4n) is 7.57. The molecular weight excluding hydrogens is 661 g/mol. The summed E-state index contributed by atoms with van der Waals surface area (Å²) < 4.78 is 62.3. The number of hydrogen-bond acceptors (Lipinski definition) is 4. The van der Waals surface area contributed by atoms with Gasteiger partial charge < -0.3 is 8.98 Å². The van der Waals surface area contributed by atoms with Crippen molar-refractivity contribution in [2.24, 2.45) is 0 Å². The van der Waals surface area contributed by atoms with E-state index < -0.39 is 0 Å². The maximum atomic E-state index is 9.52. The molecule has 8 aromatic carbocycles. The van der Waals surface area contributed by atoms with Gasteiger partial charge >= 0.3 is 0 Å². The molecule has 0 atom stereocenters. The molecule has 252 valence electrons. The molecule has 0 radical (unpaired) electrons. The van der Waals surface area contributed by atoms with Gasteiger partial charge in [-0.2, -0.15) is 0 Å². The van der Waals surface area contributed by atoms with Gasteiger partial charge in [0.2, 0.25) is 0 Å². The molecule has 5 nitrogen and oxygen atoms in total. The Hall–Kier alpha value is -7.37. The smallest absolute Gasteiger partial charge is 0.164 e. The number of para-hydroxylation sites is 4. The summed E-state index contributed by atoms with van der Waals surface area (Å²) in [5.41, 5.74) is 5.51. The molecule has 0 aliphatic heterocycles. The summed E-state index contributed by atoms with van der Waals surface area (Å²) in [5, 5.41) is 4.29. The van der Waals surface area contributed by atoms with Crippen molar-refractivity contribution in [2.75, 3.05) is 0 Å². The zero-order valence-electron chi connectivity index (χ0n) is 34.6. The minimum atomic E-state index is -0.371. The SMILES string of the molecule is [2H]c1cc([2H])c2oc3c(-c4cc(-c5nc(-c6ccccc6)nc(-c6cccc7ccccc67)n5)ccc4-n4c5ccccc5c5ccccc54)c([2H])c([2H])c([2H])c3c2c1[2H]. The number of hydrogen-bond donors (Lipinski definition) is 0. The summed E-state index contributed by atoms with van der Waals surface area (Å²) in [6, 6.07) is 45.6. The summed E-state index contributed by atoms with van der Waals surface area (Å²) in [5.74, 6) is 1.33. The fourth-order valence-corrected chi connectivity index (χ4v) is 7.57. The third-order valence-corrected chi connectivity index (χ3v) is 10.0. The van der Waals surface area contributed by atoms with Crippen LogP contribution in [0.4, 0.5) is 0 Å². The van der Waals surface area contributed by atoms with Crippen LogP contribution in [0, 0.1) is 0 Å². The molecule has 0 fully saturated rings. The molecule has 3 aromatic heterocycles. The van der Waals surface area contributed by atoms with Crippen LogP contribution >= 0.6 is 0 Å². The first-order valence-corrected chi connectivity index (χ1v) is 17.6. The van der Waals surface area contributed by atoms with Crippen molar-refractivity contribution in [3.05, 3.63) is 182 Å². The van der Waals surface area contributed by atoms with Crippen LogP contribution in [0.15, 0.2) is 186 Å². The van der Waals surface area contributed by atoms with Crippen molar-refractivity contribution in [2.45, 2.75) is 0 Å². The highest BCUT2D eigenvalue weighted by Gasteiger charge is 2.21. The zero-order valence-corrected chi connectivity index (χ0v) is 28.6. The van der Waals surface area contributed by atoms with E-state index in [1.54, 1.807) is 0 Å². The van der Waals surface area contributed by atoms with Crippen LogP contribution in [0.2, 0.25) is 0 Å². The lowest BCUT2D eigenvalue weighted by Gasteiger charge is -2.16. The largest absolute Gasteiger partial charge is 0.455 e. The van der Waals surface area contributed by atoms with Crippen LogP contribution in [-0.2, 0) is 0 Å². The first kappa shape index (κ1) is 24.8. The van der Waals surface area contributed by atoms with Crippen molar-refractivity contribution in [1.82, 2.24) is 19.5 Å². The Morgan fingerprint density at radius 3 is 1.93 bits per heavy atom. The van der Waals surface area contributed by atoms with Crippen molar-refractivity contribution < 1.29 is 12.6 Å². The van der Waals surface area contributed by atoms with E-state index in [0.29, 0.717) is 34.3 Å². The Bertz CT molecular complexity index is 3520. The van der Waals surface area contributed by atoms with Gasteiger partial charge in [-0.05, 0) is 47.1 Å². The molecule has 0 aliphatic rings. The molecule has 0 saturated heterocycles. The third kappa shape index (κ3) is 4.76. The normalized spacial score (nSPS) is 13.3. The molecule has 0 spiro atoms. The summed E-state index contributed by atoms with van der Waals surface area (Å²) in [4.78, 5) is 15.2. The lowest BCUT2D eigenvalue weighted by molar-refractivity contribution is 0.670. The molecule has 3 heterocycles. The molecule has 0 N–H and O–H groups in total. The van der Waals surface area contributed by atoms with Crippen molar-refractivity contribution in [3.63, 3.8) is 0 Å². The van der Waals surface area contributed by atoms with E-state index in [0.717, 1.165) is 43.7 Å². The van der Waals surface area contributed by atoms with E-state index >= 15 is 0 Å². The van der Waals surface area contributed by atoms with E-state index in [4.69, 9.17) is 26.2 Å². The summed E-state index contributed by atoms with van der Waals surface area (Å²) in [6.07, 6.45) is 0.